The van der Waals surface area contributed by atoms with Crippen molar-refractivity contribution in [3.05, 3.63) is 72.7 Å². The number of fused-ring (bicyclic) bond motifs is 3. The Morgan fingerprint density at radius 2 is 1.75 bits per heavy atom. The number of benzene rings is 1. The van der Waals surface area contributed by atoms with Crippen molar-refractivity contribution in [3.8, 4) is 5.88 Å². The molecular formula is C22H25N5O4S. The first kappa shape index (κ1) is 21.9. The van der Waals surface area contributed by atoms with Gasteiger partial charge in [0.25, 0.3) is 11.1 Å². The highest BCUT2D eigenvalue weighted by molar-refractivity contribution is 7.98. The lowest BCUT2D eigenvalue weighted by atomic mass is 10.2. The van der Waals surface area contributed by atoms with Gasteiger partial charge in [-0.3, -0.25) is 23.3 Å². The second-order valence-corrected chi connectivity index (χ2v) is 8.82. The number of nitrogens with zero attached hydrogens (tertiary/aromatic N) is 5. The second kappa shape index (κ2) is 8.70. The van der Waals surface area contributed by atoms with Gasteiger partial charge in [0.05, 0.1) is 12.1 Å². The first-order valence-corrected chi connectivity index (χ1v) is 11.6. The topological polar surface area (TPSA) is 104 Å². The third kappa shape index (κ3) is 3.54. The zero-order valence-electron chi connectivity index (χ0n) is 18.2. The predicted octanol–water partition coefficient (Wildman–Crippen LogP) is 1.83. The van der Waals surface area contributed by atoms with Gasteiger partial charge >= 0.3 is 5.69 Å². The van der Waals surface area contributed by atoms with E-state index in [9.17, 15) is 19.5 Å². The van der Waals surface area contributed by atoms with Crippen LogP contribution in [0.2, 0.25) is 0 Å². The Bertz CT molecular complexity index is 1480. The summed E-state index contributed by atoms with van der Waals surface area (Å²) in [4.78, 5) is 43.3. The Morgan fingerprint density at radius 3 is 2.44 bits per heavy atom. The highest BCUT2D eigenvalue weighted by Crippen LogP contribution is 2.24. The molecule has 0 spiro atoms. The fraction of sp³-hybridized carbons (Fsp3) is 0.364. The summed E-state index contributed by atoms with van der Waals surface area (Å²) in [6.45, 7) is 2.34. The third-order valence-electron chi connectivity index (χ3n) is 5.54. The Balaban J connectivity index is 2.06. The highest BCUT2D eigenvalue weighted by atomic mass is 32.2. The molecule has 0 saturated heterocycles. The van der Waals surface area contributed by atoms with E-state index in [1.165, 1.54) is 27.6 Å². The van der Waals surface area contributed by atoms with Crippen molar-refractivity contribution in [3.63, 3.8) is 0 Å². The molecule has 32 heavy (non-hydrogen) atoms. The van der Waals surface area contributed by atoms with Gasteiger partial charge in [-0.1, -0.05) is 43.7 Å². The van der Waals surface area contributed by atoms with Crippen LogP contribution in [0.15, 0.2) is 44.7 Å². The van der Waals surface area contributed by atoms with Crippen LogP contribution in [-0.4, -0.2) is 33.9 Å². The molecule has 0 amide bonds. The van der Waals surface area contributed by atoms with E-state index >= 15 is 0 Å². The van der Waals surface area contributed by atoms with E-state index < -0.39 is 16.8 Å². The number of imidazole rings is 1. The van der Waals surface area contributed by atoms with Gasteiger partial charge in [0.15, 0.2) is 11.2 Å². The van der Waals surface area contributed by atoms with E-state index in [1.54, 1.807) is 11.8 Å². The van der Waals surface area contributed by atoms with E-state index in [2.05, 4.69) is 11.9 Å². The van der Waals surface area contributed by atoms with Crippen LogP contribution in [0.4, 0.5) is 0 Å². The van der Waals surface area contributed by atoms with Crippen molar-refractivity contribution in [2.24, 2.45) is 14.1 Å². The van der Waals surface area contributed by atoms with Crippen molar-refractivity contribution < 1.29 is 5.11 Å². The number of aromatic hydroxyl groups is 1. The minimum Gasteiger partial charge on any atom is -0.494 e. The number of aromatic nitrogens is 5. The molecule has 0 radical (unpaired) electrons. The number of rotatable bonds is 7. The fourth-order valence-corrected chi connectivity index (χ4v) is 4.80. The molecule has 9 nitrogen and oxygen atoms in total. The Kier molecular flexibility index (Phi) is 5.96. The van der Waals surface area contributed by atoms with Crippen LogP contribution in [0.5, 0.6) is 5.88 Å². The van der Waals surface area contributed by atoms with E-state index in [0.717, 1.165) is 28.7 Å². The molecule has 1 N–H and O–H groups in total. The van der Waals surface area contributed by atoms with Crippen molar-refractivity contribution in [1.29, 1.82) is 0 Å². The third-order valence-corrected chi connectivity index (χ3v) is 6.61. The molecule has 0 bridgehead atoms. The van der Waals surface area contributed by atoms with Gasteiger partial charge in [-0.15, -0.1) is 0 Å². The molecule has 0 aliphatic carbocycles. The summed E-state index contributed by atoms with van der Waals surface area (Å²) in [7, 11) is 2.87. The lowest BCUT2D eigenvalue weighted by Crippen LogP contribution is -2.38. The van der Waals surface area contributed by atoms with E-state index in [4.69, 9.17) is 0 Å². The number of unbranched alkanes of at least 4 members (excludes halogenated alkanes) is 1. The van der Waals surface area contributed by atoms with Crippen LogP contribution in [0.3, 0.4) is 0 Å². The minimum absolute atomic E-state index is 0.0243. The first-order chi connectivity index (χ1) is 15.4. The summed E-state index contributed by atoms with van der Waals surface area (Å²) >= 11 is 1.56. The summed E-state index contributed by atoms with van der Waals surface area (Å²) in [5.41, 5.74) is -0.397. The van der Waals surface area contributed by atoms with Gasteiger partial charge in [0.2, 0.25) is 11.7 Å². The maximum Gasteiger partial charge on any atom is 0.332 e. The fourth-order valence-electron chi connectivity index (χ4n) is 3.70. The molecule has 0 fully saturated rings. The number of hydrogen-bond acceptors (Lipinski definition) is 6. The zero-order chi connectivity index (χ0) is 23.0. The average molecular weight is 456 g/mol. The van der Waals surface area contributed by atoms with Crippen molar-refractivity contribution >= 4 is 28.7 Å². The number of aryl methyl sites for hydroxylation is 1. The summed E-state index contributed by atoms with van der Waals surface area (Å²) in [5, 5.41) is 11.1. The van der Waals surface area contributed by atoms with E-state index in [0.29, 0.717) is 5.75 Å². The predicted molar refractivity (Wildman–Crippen MR) is 126 cm³/mol. The van der Waals surface area contributed by atoms with Gasteiger partial charge in [-0.25, -0.2) is 9.20 Å². The molecule has 10 heteroatoms. The van der Waals surface area contributed by atoms with E-state index in [1.807, 2.05) is 30.3 Å². The Hall–Kier alpha value is -3.27. The summed E-state index contributed by atoms with van der Waals surface area (Å²) in [6, 6.07) is 9.47. The highest BCUT2D eigenvalue weighted by Gasteiger charge is 2.24. The quantitative estimate of drug-likeness (QED) is 0.427. The molecule has 1 aromatic carbocycles. The van der Waals surface area contributed by atoms with Gasteiger partial charge in [-0.05, 0) is 17.7 Å². The molecule has 0 aliphatic rings. The van der Waals surface area contributed by atoms with Crippen LogP contribution in [-0.2, 0) is 26.4 Å². The summed E-state index contributed by atoms with van der Waals surface area (Å²) < 4.78 is 4.95. The zero-order valence-corrected chi connectivity index (χ0v) is 19.1. The lowest BCUT2D eigenvalue weighted by Gasteiger charge is -2.14. The molecule has 4 rings (SSSR count). The maximum absolute atomic E-state index is 13.5. The standard InChI is InChI=1S/C22H25N5O4S/c1-4-5-11-32-13-15-18(28)26(12-14-9-7-6-8-10-14)21-23-17-16(27(21)19(15)29)20(30)25(3)22(31)24(17)2/h6-10,28H,4-5,11-13H2,1-3H3. The number of thioether (sulfide) groups is 1. The first-order valence-electron chi connectivity index (χ1n) is 10.4. The maximum atomic E-state index is 13.5. The molecule has 0 atom stereocenters. The molecule has 3 aromatic heterocycles. The van der Waals surface area contributed by atoms with Crippen LogP contribution in [0.25, 0.3) is 16.9 Å². The normalized spacial score (nSPS) is 11.6. The largest absolute Gasteiger partial charge is 0.494 e. The van der Waals surface area contributed by atoms with Crippen LogP contribution in [0.1, 0.15) is 30.9 Å². The molecule has 3 heterocycles. The van der Waals surface area contributed by atoms with Crippen molar-refractivity contribution in [2.45, 2.75) is 32.1 Å². The van der Waals surface area contributed by atoms with Gasteiger partial charge in [0, 0.05) is 19.8 Å². The van der Waals surface area contributed by atoms with Gasteiger partial charge in [0.1, 0.15) is 0 Å². The second-order valence-electron chi connectivity index (χ2n) is 7.71. The van der Waals surface area contributed by atoms with Crippen LogP contribution < -0.4 is 16.8 Å². The molecule has 0 saturated carbocycles. The average Bonchev–Trinajstić information content (AvgIpc) is 3.20. The Morgan fingerprint density at radius 1 is 1.03 bits per heavy atom. The van der Waals surface area contributed by atoms with Crippen molar-refractivity contribution in [2.75, 3.05) is 5.75 Å². The van der Waals surface area contributed by atoms with Crippen LogP contribution in [0, 0.1) is 0 Å². The molecule has 168 valence electrons. The minimum atomic E-state index is -0.603. The summed E-state index contributed by atoms with van der Waals surface area (Å²) in [5.74, 6) is 1.10. The van der Waals surface area contributed by atoms with Crippen LogP contribution >= 0.6 is 11.8 Å². The molecule has 0 aliphatic heterocycles. The molecule has 4 aromatic rings. The summed E-state index contributed by atoms with van der Waals surface area (Å²) in [6.07, 6.45) is 2.04. The monoisotopic (exact) mass is 455 g/mol. The lowest BCUT2D eigenvalue weighted by molar-refractivity contribution is 0.414. The smallest absolute Gasteiger partial charge is 0.332 e. The van der Waals surface area contributed by atoms with E-state index in [-0.39, 0.29) is 34.9 Å². The molecule has 0 unspecified atom stereocenters. The number of hydrogen-bond donors (Lipinski definition) is 1. The SMILES string of the molecule is CCCCSCc1c(O)n(Cc2ccccc2)c2nc3c(c(=O)n(C)c(=O)n3C)n2c1=O. The van der Waals surface area contributed by atoms with Crippen molar-refractivity contribution in [1.82, 2.24) is 23.1 Å². The van der Waals surface area contributed by atoms with Gasteiger partial charge < -0.3 is 5.11 Å². The van der Waals surface area contributed by atoms with Gasteiger partial charge in [-0.2, -0.15) is 16.7 Å². The molecular weight excluding hydrogens is 430 g/mol. The Labute approximate surface area is 187 Å².